The third-order valence-electron chi connectivity index (χ3n) is 6.31. The van der Waals surface area contributed by atoms with Gasteiger partial charge in [0.05, 0.1) is 11.0 Å². The number of para-hydroxylation sites is 1. The molecule has 2 heterocycles. The van der Waals surface area contributed by atoms with Crippen LogP contribution in [0.15, 0.2) is 102 Å². The third kappa shape index (κ3) is 3.07. The fourth-order valence-electron chi connectivity index (χ4n) is 4.61. The summed E-state index contributed by atoms with van der Waals surface area (Å²) >= 11 is 1.81. The third-order valence-corrected chi connectivity index (χ3v) is 7.37. The summed E-state index contributed by atoms with van der Waals surface area (Å²) in [5, 5.41) is 4.76. The van der Waals surface area contributed by atoms with Crippen molar-refractivity contribution in [2.45, 2.75) is 13.8 Å². The molecule has 6 aromatic rings. The number of aromatic nitrogens is 1. The highest BCUT2D eigenvalue weighted by atomic mass is 32.1. The summed E-state index contributed by atoms with van der Waals surface area (Å²) in [6, 6.07) is 35.5. The van der Waals surface area contributed by atoms with Gasteiger partial charge in [0.1, 0.15) is 0 Å². The van der Waals surface area contributed by atoms with E-state index in [2.05, 4.69) is 121 Å². The second-order valence-electron chi connectivity index (χ2n) is 8.43. The van der Waals surface area contributed by atoms with Crippen LogP contribution in [0.3, 0.4) is 0 Å². The second kappa shape index (κ2) is 7.51. The van der Waals surface area contributed by atoms with Crippen molar-refractivity contribution in [1.29, 1.82) is 0 Å². The standard InChI is InChI=1S/C30H23NS/c1-20-7-9-22(10-8-20)23-11-14-25(15-12-23)31-28-6-4-3-5-26(28)27-16-13-24(19-29(27)31)30-21(2)17-18-32-30/h3-19H,1-2H3. The first-order valence-electron chi connectivity index (χ1n) is 10.9. The molecule has 2 heteroatoms. The van der Waals surface area contributed by atoms with Crippen molar-refractivity contribution in [1.82, 2.24) is 4.57 Å². The van der Waals surface area contributed by atoms with Crippen LogP contribution in [-0.4, -0.2) is 4.57 Å². The van der Waals surface area contributed by atoms with Gasteiger partial charge in [0, 0.05) is 21.3 Å². The van der Waals surface area contributed by atoms with Gasteiger partial charge in [-0.25, -0.2) is 0 Å². The quantitative estimate of drug-likeness (QED) is 0.265. The Morgan fingerprint density at radius 3 is 1.97 bits per heavy atom. The molecule has 0 aliphatic rings. The molecule has 0 amide bonds. The number of nitrogens with zero attached hydrogens (tertiary/aromatic N) is 1. The van der Waals surface area contributed by atoms with Crippen molar-refractivity contribution < 1.29 is 0 Å². The Morgan fingerprint density at radius 2 is 1.25 bits per heavy atom. The summed E-state index contributed by atoms with van der Waals surface area (Å²) in [6.45, 7) is 4.32. The number of rotatable bonds is 3. The zero-order valence-corrected chi connectivity index (χ0v) is 19.0. The lowest BCUT2D eigenvalue weighted by atomic mass is 10.0. The van der Waals surface area contributed by atoms with Gasteiger partial charge in [0.2, 0.25) is 0 Å². The Morgan fingerprint density at radius 1 is 0.594 bits per heavy atom. The summed E-state index contributed by atoms with van der Waals surface area (Å²) in [4.78, 5) is 1.35. The van der Waals surface area contributed by atoms with Crippen LogP contribution in [0.4, 0.5) is 0 Å². The van der Waals surface area contributed by atoms with Gasteiger partial charge < -0.3 is 4.57 Å². The monoisotopic (exact) mass is 429 g/mol. The molecular formula is C30H23NS. The number of benzene rings is 4. The van der Waals surface area contributed by atoms with Gasteiger partial charge in [0.25, 0.3) is 0 Å². The van der Waals surface area contributed by atoms with Crippen molar-refractivity contribution in [3.05, 3.63) is 114 Å². The van der Waals surface area contributed by atoms with Crippen LogP contribution in [0, 0.1) is 13.8 Å². The van der Waals surface area contributed by atoms with Crippen molar-refractivity contribution in [2.75, 3.05) is 0 Å². The fraction of sp³-hybridized carbons (Fsp3) is 0.0667. The SMILES string of the molecule is Cc1ccc(-c2ccc(-n3c4ccccc4c4ccc(-c5sccc5C)cc43)cc2)cc1. The summed E-state index contributed by atoms with van der Waals surface area (Å²) in [5.74, 6) is 0. The van der Waals surface area contributed by atoms with Crippen molar-refractivity contribution in [3.63, 3.8) is 0 Å². The number of thiophene rings is 1. The lowest BCUT2D eigenvalue weighted by Crippen LogP contribution is -1.94. The van der Waals surface area contributed by atoms with Gasteiger partial charge in [-0.2, -0.15) is 0 Å². The maximum atomic E-state index is 2.40. The predicted molar refractivity (Wildman–Crippen MR) is 139 cm³/mol. The molecule has 0 saturated heterocycles. The fourth-order valence-corrected chi connectivity index (χ4v) is 5.53. The molecule has 0 saturated carbocycles. The normalized spacial score (nSPS) is 11.4. The predicted octanol–water partition coefficient (Wildman–Crippen LogP) is 8.80. The molecule has 0 N–H and O–H groups in total. The molecule has 154 valence electrons. The molecule has 0 spiro atoms. The molecule has 0 bridgehead atoms. The van der Waals surface area contributed by atoms with E-state index in [-0.39, 0.29) is 0 Å². The summed E-state index contributed by atoms with van der Waals surface area (Å²) in [5.41, 5.74) is 10.1. The van der Waals surface area contributed by atoms with Gasteiger partial charge in [-0.05, 0) is 71.8 Å². The van der Waals surface area contributed by atoms with Crippen LogP contribution in [0.2, 0.25) is 0 Å². The zero-order valence-electron chi connectivity index (χ0n) is 18.2. The van der Waals surface area contributed by atoms with Gasteiger partial charge in [-0.3, -0.25) is 0 Å². The van der Waals surface area contributed by atoms with Crippen LogP contribution >= 0.6 is 11.3 Å². The Balaban J connectivity index is 1.55. The summed E-state index contributed by atoms with van der Waals surface area (Å²) < 4.78 is 2.40. The van der Waals surface area contributed by atoms with E-state index in [9.17, 15) is 0 Å². The van der Waals surface area contributed by atoms with E-state index in [0.29, 0.717) is 0 Å². The average Bonchev–Trinajstić information content (AvgIpc) is 3.40. The Bertz CT molecular complexity index is 1560. The first kappa shape index (κ1) is 19.1. The first-order chi connectivity index (χ1) is 15.7. The maximum absolute atomic E-state index is 2.40. The number of hydrogen-bond donors (Lipinski definition) is 0. The van der Waals surface area contributed by atoms with E-state index in [0.717, 1.165) is 0 Å². The highest BCUT2D eigenvalue weighted by Crippen LogP contribution is 2.37. The number of fused-ring (bicyclic) bond motifs is 3. The molecule has 6 rings (SSSR count). The van der Waals surface area contributed by atoms with Crippen LogP contribution in [-0.2, 0) is 0 Å². The largest absolute Gasteiger partial charge is 0.309 e. The highest BCUT2D eigenvalue weighted by molar-refractivity contribution is 7.13. The van der Waals surface area contributed by atoms with Crippen LogP contribution in [0.25, 0.3) is 49.1 Å². The zero-order chi connectivity index (χ0) is 21.7. The smallest absolute Gasteiger partial charge is 0.0547 e. The van der Waals surface area contributed by atoms with Gasteiger partial charge >= 0.3 is 0 Å². The van der Waals surface area contributed by atoms with E-state index in [1.54, 1.807) is 0 Å². The molecule has 1 nitrogen and oxygen atoms in total. The molecule has 0 aliphatic heterocycles. The van der Waals surface area contributed by atoms with Crippen molar-refractivity contribution in [3.8, 4) is 27.3 Å². The maximum Gasteiger partial charge on any atom is 0.0547 e. The van der Waals surface area contributed by atoms with E-state index < -0.39 is 0 Å². The minimum Gasteiger partial charge on any atom is -0.309 e. The number of hydrogen-bond acceptors (Lipinski definition) is 1. The minimum atomic E-state index is 1.19. The van der Waals surface area contributed by atoms with E-state index in [1.807, 2.05) is 11.3 Å². The Hall–Kier alpha value is -3.62. The molecule has 4 aromatic carbocycles. The first-order valence-corrected chi connectivity index (χ1v) is 11.8. The van der Waals surface area contributed by atoms with E-state index in [1.165, 1.54) is 60.2 Å². The highest BCUT2D eigenvalue weighted by Gasteiger charge is 2.14. The van der Waals surface area contributed by atoms with Gasteiger partial charge in [-0.15, -0.1) is 11.3 Å². The van der Waals surface area contributed by atoms with Gasteiger partial charge in [0.15, 0.2) is 0 Å². The molecule has 32 heavy (non-hydrogen) atoms. The van der Waals surface area contributed by atoms with E-state index in [4.69, 9.17) is 0 Å². The lowest BCUT2D eigenvalue weighted by Gasteiger charge is -2.10. The van der Waals surface area contributed by atoms with Crippen LogP contribution < -0.4 is 0 Å². The molecule has 0 unspecified atom stereocenters. The molecule has 0 aliphatic carbocycles. The molecule has 0 atom stereocenters. The average molecular weight is 430 g/mol. The molecule has 0 radical (unpaired) electrons. The minimum absolute atomic E-state index is 1.19. The van der Waals surface area contributed by atoms with E-state index >= 15 is 0 Å². The molecule has 0 fully saturated rings. The van der Waals surface area contributed by atoms with Crippen LogP contribution in [0.5, 0.6) is 0 Å². The van der Waals surface area contributed by atoms with Crippen LogP contribution in [0.1, 0.15) is 11.1 Å². The summed E-state index contributed by atoms with van der Waals surface area (Å²) in [6.07, 6.45) is 0. The Labute approximate surface area is 192 Å². The topological polar surface area (TPSA) is 4.93 Å². The van der Waals surface area contributed by atoms with Crippen molar-refractivity contribution in [2.24, 2.45) is 0 Å². The Kier molecular flexibility index (Phi) is 4.48. The van der Waals surface area contributed by atoms with Gasteiger partial charge in [-0.1, -0.05) is 72.3 Å². The lowest BCUT2D eigenvalue weighted by molar-refractivity contribution is 1.18. The number of aryl methyl sites for hydroxylation is 2. The molecular weight excluding hydrogens is 406 g/mol. The molecule has 2 aromatic heterocycles. The van der Waals surface area contributed by atoms with Crippen molar-refractivity contribution >= 4 is 33.1 Å². The second-order valence-corrected chi connectivity index (χ2v) is 9.35. The summed E-state index contributed by atoms with van der Waals surface area (Å²) in [7, 11) is 0.